The smallest absolute Gasteiger partial charge is 0.315 e. The third-order valence-electron chi connectivity index (χ3n) is 3.09. The Morgan fingerprint density at radius 3 is 2.62 bits per heavy atom. The summed E-state index contributed by atoms with van der Waals surface area (Å²) in [6.45, 7) is 2.36. The summed E-state index contributed by atoms with van der Waals surface area (Å²) in [4.78, 5) is 16.1. The van der Waals surface area contributed by atoms with Gasteiger partial charge in [-0.25, -0.2) is 4.79 Å². The minimum Gasteiger partial charge on any atom is -0.497 e. The lowest BCUT2D eigenvalue weighted by atomic mass is 10.2. The highest BCUT2D eigenvalue weighted by Gasteiger charge is 2.09. The molecule has 2 N–H and O–H groups in total. The minimum absolute atomic E-state index is 0.137. The quantitative estimate of drug-likeness (QED) is 0.887. The van der Waals surface area contributed by atoms with Crippen LogP contribution in [-0.2, 0) is 6.54 Å². The monoisotopic (exact) mass is 285 g/mol. The van der Waals surface area contributed by atoms with Crippen molar-refractivity contribution in [2.24, 2.45) is 0 Å². The van der Waals surface area contributed by atoms with Gasteiger partial charge in [-0.3, -0.25) is 4.98 Å². The van der Waals surface area contributed by atoms with Crippen molar-refractivity contribution in [3.05, 3.63) is 59.9 Å². The van der Waals surface area contributed by atoms with E-state index in [9.17, 15) is 4.79 Å². The van der Waals surface area contributed by atoms with Gasteiger partial charge >= 0.3 is 6.03 Å². The number of hydrogen-bond acceptors (Lipinski definition) is 3. The molecule has 1 atom stereocenters. The zero-order valence-electron chi connectivity index (χ0n) is 12.2. The van der Waals surface area contributed by atoms with Gasteiger partial charge in [0.25, 0.3) is 0 Å². The van der Waals surface area contributed by atoms with Crippen LogP contribution >= 0.6 is 0 Å². The molecule has 1 aromatic carbocycles. The highest BCUT2D eigenvalue weighted by molar-refractivity contribution is 5.74. The standard InChI is InChI=1S/C16H19N3O2/c1-12(15-5-3-4-10-17-15)19-16(20)18-11-13-6-8-14(21-2)9-7-13/h3-10,12H,11H2,1-2H3,(H2,18,19,20)/t12-/m1/s1. The summed E-state index contributed by atoms with van der Waals surface area (Å²) >= 11 is 0. The number of amides is 2. The number of benzene rings is 1. The number of urea groups is 1. The van der Waals surface area contributed by atoms with Crippen LogP contribution in [0.3, 0.4) is 0 Å². The van der Waals surface area contributed by atoms with Gasteiger partial charge in [-0.15, -0.1) is 0 Å². The first-order valence-corrected chi connectivity index (χ1v) is 6.77. The molecule has 2 amide bonds. The Balaban J connectivity index is 1.81. The number of nitrogens with zero attached hydrogens (tertiary/aromatic N) is 1. The average molecular weight is 285 g/mol. The topological polar surface area (TPSA) is 63.2 Å². The molecule has 0 aliphatic rings. The SMILES string of the molecule is COc1ccc(CNC(=O)N[C@H](C)c2ccccn2)cc1. The predicted molar refractivity (Wildman–Crippen MR) is 81.0 cm³/mol. The van der Waals surface area contributed by atoms with Crippen molar-refractivity contribution < 1.29 is 9.53 Å². The second-order valence-electron chi connectivity index (χ2n) is 4.65. The van der Waals surface area contributed by atoms with Gasteiger partial charge in [0.1, 0.15) is 5.75 Å². The molecule has 0 bridgehead atoms. The van der Waals surface area contributed by atoms with Crippen molar-refractivity contribution in [1.29, 1.82) is 0 Å². The molecule has 0 unspecified atom stereocenters. The second kappa shape index (κ2) is 7.28. The Labute approximate surface area is 124 Å². The summed E-state index contributed by atoms with van der Waals surface area (Å²) in [6, 6.07) is 12.8. The van der Waals surface area contributed by atoms with E-state index in [2.05, 4.69) is 15.6 Å². The van der Waals surface area contributed by atoms with Gasteiger partial charge in [0, 0.05) is 12.7 Å². The first-order valence-electron chi connectivity index (χ1n) is 6.77. The molecule has 1 aromatic heterocycles. The number of nitrogens with one attached hydrogen (secondary N) is 2. The van der Waals surface area contributed by atoms with Crippen LogP contribution in [0.25, 0.3) is 0 Å². The van der Waals surface area contributed by atoms with E-state index in [0.717, 1.165) is 17.0 Å². The fourth-order valence-corrected chi connectivity index (χ4v) is 1.88. The minimum atomic E-state index is -0.219. The summed E-state index contributed by atoms with van der Waals surface area (Å²) in [6.07, 6.45) is 1.71. The molecule has 5 nitrogen and oxygen atoms in total. The van der Waals surface area contributed by atoms with Crippen LogP contribution in [-0.4, -0.2) is 18.1 Å². The summed E-state index contributed by atoms with van der Waals surface area (Å²) in [5.41, 5.74) is 1.84. The number of rotatable bonds is 5. The fraction of sp³-hybridized carbons (Fsp3) is 0.250. The number of pyridine rings is 1. The molecule has 110 valence electrons. The summed E-state index contributed by atoms with van der Waals surface area (Å²) in [5, 5.41) is 5.67. The molecular weight excluding hydrogens is 266 g/mol. The molecule has 0 aliphatic heterocycles. The van der Waals surface area contributed by atoms with E-state index in [1.54, 1.807) is 13.3 Å². The first kappa shape index (κ1) is 14.8. The van der Waals surface area contributed by atoms with Crippen LogP contribution < -0.4 is 15.4 Å². The van der Waals surface area contributed by atoms with Crippen molar-refractivity contribution in [2.75, 3.05) is 7.11 Å². The van der Waals surface area contributed by atoms with Crippen molar-refractivity contribution in [3.8, 4) is 5.75 Å². The molecule has 0 aliphatic carbocycles. The van der Waals surface area contributed by atoms with E-state index >= 15 is 0 Å². The Morgan fingerprint density at radius 2 is 2.00 bits per heavy atom. The van der Waals surface area contributed by atoms with E-state index in [1.807, 2.05) is 49.4 Å². The molecular formula is C16H19N3O2. The van der Waals surface area contributed by atoms with E-state index in [1.165, 1.54) is 0 Å². The number of methoxy groups -OCH3 is 1. The van der Waals surface area contributed by atoms with Gasteiger partial charge in [0.05, 0.1) is 18.8 Å². The Morgan fingerprint density at radius 1 is 1.24 bits per heavy atom. The molecule has 0 fully saturated rings. The van der Waals surface area contributed by atoms with Crippen LogP contribution in [0.15, 0.2) is 48.7 Å². The molecule has 21 heavy (non-hydrogen) atoms. The van der Waals surface area contributed by atoms with Crippen molar-refractivity contribution in [1.82, 2.24) is 15.6 Å². The molecule has 2 aromatic rings. The lowest BCUT2D eigenvalue weighted by molar-refractivity contribution is 0.237. The molecule has 0 spiro atoms. The maximum Gasteiger partial charge on any atom is 0.315 e. The Bertz CT molecular complexity index is 570. The van der Waals surface area contributed by atoms with E-state index in [4.69, 9.17) is 4.74 Å². The fourth-order valence-electron chi connectivity index (χ4n) is 1.88. The van der Waals surface area contributed by atoms with Crippen LogP contribution in [0.4, 0.5) is 4.79 Å². The molecule has 1 heterocycles. The van der Waals surface area contributed by atoms with E-state index in [0.29, 0.717) is 6.54 Å². The summed E-state index contributed by atoms with van der Waals surface area (Å²) in [5.74, 6) is 0.798. The summed E-state index contributed by atoms with van der Waals surface area (Å²) < 4.78 is 5.09. The number of carbonyl (C=O) groups excluding carboxylic acids is 1. The van der Waals surface area contributed by atoms with Gasteiger partial charge in [0.2, 0.25) is 0 Å². The van der Waals surface area contributed by atoms with Gasteiger partial charge in [0.15, 0.2) is 0 Å². The van der Waals surface area contributed by atoms with Crippen LogP contribution in [0.5, 0.6) is 5.75 Å². The van der Waals surface area contributed by atoms with Crippen molar-refractivity contribution >= 4 is 6.03 Å². The van der Waals surface area contributed by atoms with Crippen LogP contribution in [0, 0.1) is 0 Å². The molecule has 0 radical (unpaired) electrons. The van der Waals surface area contributed by atoms with Gasteiger partial charge in [-0.2, -0.15) is 0 Å². The highest BCUT2D eigenvalue weighted by atomic mass is 16.5. The molecule has 0 saturated carbocycles. The second-order valence-corrected chi connectivity index (χ2v) is 4.65. The first-order chi connectivity index (χ1) is 10.2. The maximum atomic E-state index is 11.8. The zero-order valence-corrected chi connectivity index (χ0v) is 12.2. The molecule has 2 rings (SSSR count). The highest BCUT2D eigenvalue weighted by Crippen LogP contribution is 2.11. The van der Waals surface area contributed by atoms with E-state index in [-0.39, 0.29) is 12.1 Å². The largest absolute Gasteiger partial charge is 0.497 e. The van der Waals surface area contributed by atoms with Gasteiger partial charge in [-0.1, -0.05) is 18.2 Å². The number of carbonyl (C=O) groups is 1. The summed E-state index contributed by atoms with van der Waals surface area (Å²) in [7, 11) is 1.62. The Kier molecular flexibility index (Phi) is 5.15. The van der Waals surface area contributed by atoms with Crippen LogP contribution in [0.1, 0.15) is 24.2 Å². The zero-order chi connectivity index (χ0) is 15.1. The normalized spacial score (nSPS) is 11.5. The Hall–Kier alpha value is -2.56. The van der Waals surface area contributed by atoms with Crippen molar-refractivity contribution in [3.63, 3.8) is 0 Å². The third kappa shape index (κ3) is 4.49. The predicted octanol–water partition coefficient (Wildman–Crippen LogP) is 2.65. The molecule has 0 saturated heterocycles. The maximum absolute atomic E-state index is 11.8. The van der Waals surface area contributed by atoms with Crippen molar-refractivity contribution in [2.45, 2.75) is 19.5 Å². The van der Waals surface area contributed by atoms with Gasteiger partial charge < -0.3 is 15.4 Å². The lowest BCUT2D eigenvalue weighted by Crippen LogP contribution is -2.36. The van der Waals surface area contributed by atoms with Gasteiger partial charge in [-0.05, 0) is 36.8 Å². The average Bonchev–Trinajstić information content (AvgIpc) is 2.54. The molecule has 5 heteroatoms. The third-order valence-corrected chi connectivity index (χ3v) is 3.09. The number of aromatic nitrogens is 1. The number of ether oxygens (including phenoxy) is 1. The van der Waals surface area contributed by atoms with E-state index < -0.39 is 0 Å². The lowest BCUT2D eigenvalue weighted by Gasteiger charge is -2.14. The van der Waals surface area contributed by atoms with Crippen LogP contribution in [0.2, 0.25) is 0 Å². The number of hydrogen-bond donors (Lipinski definition) is 2.